The minimum atomic E-state index is -0.405. The Morgan fingerprint density at radius 2 is 2.05 bits per heavy atom. The Balaban J connectivity index is 1.92. The van der Waals surface area contributed by atoms with Crippen LogP contribution in [-0.2, 0) is 4.79 Å². The van der Waals surface area contributed by atoms with Gasteiger partial charge in [0.2, 0.25) is 0 Å². The van der Waals surface area contributed by atoms with Crippen LogP contribution in [0.2, 0.25) is 5.02 Å². The van der Waals surface area contributed by atoms with E-state index >= 15 is 0 Å². The van der Waals surface area contributed by atoms with Gasteiger partial charge in [-0.25, -0.2) is 4.39 Å². The van der Waals surface area contributed by atoms with Crippen molar-refractivity contribution in [2.24, 2.45) is 11.8 Å². The molecular weight excluding hydrogens is 279 g/mol. The molecule has 2 atom stereocenters. The number of halogens is 2. The molecule has 0 radical (unpaired) electrons. The van der Waals surface area contributed by atoms with Gasteiger partial charge in [-0.1, -0.05) is 25.4 Å². The number of anilines is 1. The van der Waals surface area contributed by atoms with Crippen molar-refractivity contribution in [3.8, 4) is 0 Å². The van der Waals surface area contributed by atoms with Gasteiger partial charge in [-0.15, -0.1) is 0 Å². The number of hydrogen-bond donors (Lipinski definition) is 2. The van der Waals surface area contributed by atoms with Crippen molar-refractivity contribution >= 4 is 23.2 Å². The van der Waals surface area contributed by atoms with E-state index in [0.717, 1.165) is 13.1 Å². The molecule has 1 aliphatic heterocycles. The number of benzene rings is 1. The fourth-order valence-electron chi connectivity index (χ4n) is 3.08. The molecule has 1 aromatic rings. The summed E-state index contributed by atoms with van der Waals surface area (Å²) in [5, 5.41) is 2.99. The Kier molecular flexibility index (Phi) is 5.00. The van der Waals surface area contributed by atoms with Crippen LogP contribution < -0.4 is 10.2 Å². The molecule has 5 heteroatoms. The molecule has 1 heterocycles. The number of carbonyl (C=O) groups is 1. The summed E-state index contributed by atoms with van der Waals surface area (Å²) in [7, 11) is 0. The first-order chi connectivity index (χ1) is 9.44. The standard InChI is InChI=1S/C15H20ClFN2O/c1-10-5-11(2)8-19(7-10)9-15(20)18-14-4-3-12(17)6-13(14)16/h3-4,6,10-11H,5,7-9H2,1-2H3,(H,18,20)/p+1/t10-,11-/m0/s1. The Bertz CT molecular complexity index is 485. The maximum atomic E-state index is 12.9. The smallest absolute Gasteiger partial charge is 0.279 e. The molecule has 3 nitrogen and oxygen atoms in total. The second-order valence-electron chi connectivity index (χ2n) is 5.95. The van der Waals surface area contributed by atoms with Gasteiger partial charge in [0.05, 0.1) is 23.8 Å². The summed E-state index contributed by atoms with van der Waals surface area (Å²) in [5.41, 5.74) is 0.468. The lowest BCUT2D eigenvalue weighted by Gasteiger charge is -2.31. The van der Waals surface area contributed by atoms with E-state index < -0.39 is 5.82 Å². The molecule has 1 aliphatic rings. The molecule has 110 valence electrons. The Labute approximate surface area is 124 Å². The second-order valence-corrected chi connectivity index (χ2v) is 6.36. The first-order valence-corrected chi connectivity index (χ1v) is 7.40. The molecular formula is C15H21ClFN2O+. The van der Waals surface area contributed by atoms with E-state index in [0.29, 0.717) is 24.1 Å². The van der Waals surface area contributed by atoms with Crippen LogP contribution in [0.4, 0.5) is 10.1 Å². The van der Waals surface area contributed by atoms with Gasteiger partial charge in [0.25, 0.3) is 5.91 Å². The summed E-state index contributed by atoms with van der Waals surface area (Å²) in [6.07, 6.45) is 1.23. The molecule has 0 aromatic heterocycles. The van der Waals surface area contributed by atoms with Crippen LogP contribution in [0.1, 0.15) is 20.3 Å². The number of likely N-dealkylation sites (tertiary alicyclic amines) is 1. The minimum Gasteiger partial charge on any atom is -0.327 e. The molecule has 2 rings (SSSR count). The third kappa shape index (κ3) is 4.18. The third-order valence-electron chi connectivity index (χ3n) is 3.69. The summed E-state index contributed by atoms with van der Waals surface area (Å²) >= 11 is 5.90. The predicted octanol–water partition coefficient (Wildman–Crippen LogP) is 1.98. The second kappa shape index (κ2) is 6.55. The Morgan fingerprint density at radius 3 is 2.65 bits per heavy atom. The SMILES string of the molecule is C[C@H]1C[C@H](C)C[NH+](CC(=O)Nc2ccc(F)cc2Cl)C1. The average Bonchev–Trinajstić information content (AvgIpc) is 2.31. The highest BCUT2D eigenvalue weighted by molar-refractivity contribution is 6.33. The first kappa shape index (κ1) is 15.3. The number of piperidine rings is 1. The lowest BCUT2D eigenvalue weighted by molar-refractivity contribution is -0.904. The fourth-order valence-corrected chi connectivity index (χ4v) is 3.29. The third-order valence-corrected chi connectivity index (χ3v) is 4.01. The quantitative estimate of drug-likeness (QED) is 0.879. The summed E-state index contributed by atoms with van der Waals surface area (Å²) in [4.78, 5) is 13.3. The molecule has 20 heavy (non-hydrogen) atoms. The van der Waals surface area contributed by atoms with Crippen molar-refractivity contribution in [3.05, 3.63) is 29.0 Å². The van der Waals surface area contributed by atoms with E-state index in [-0.39, 0.29) is 10.9 Å². The summed E-state index contributed by atoms with van der Waals surface area (Å²) < 4.78 is 12.9. The highest BCUT2D eigenvalue weighted by Crippen LogP contribution is 2.22. The van der Waals surface area contributed by atoms with Crippen LogP contribution in [0.3, 0.4) is 0 Å². The molecule has 1 saturated heterocycles. The minimum absolute atomic E-state index is 0.0743. The molecule has 2 N–H and O–H groups in total. The van der Waals surface area contributed by atoms with Crippen molar-refractivity contribution in [2.45, 2.75) is 20.3 Å². The van der Waals surface area contributed by atoms with Crippen LogP contribution in [0, 0.1) is 17.7 Å². The first-order valence-electron chi connectivity index (χ1n) is 7.02. The molecule has 0 bridgehead atoms. The maximum absolute atomic E-state index is 12.9. The molecule has 1 amide bonds. The van der Waals surface area contributed by atoms with E-state index in [2.05, 4.69) is 19.2 Å². The van der Waals surface area contributed by atoms with Crippen LogP contribution in [-0.4, -0.2) is 25.5 Å². The van der Waals surface area contributed by atoms with Crippen LogP contribution in [0.5, 0.6) is 0 Å². The zero-order valence-electron chi connectivity index (χ0n) is 11.9. The van der Waals surface area contributed by atoms with Gasteiger partial charge in [-0.3, -0.25) is 4.79 Å². The van der Waals surface area contributed by atoms with Crippen molar-refractivity contribution in [2.75, 3.05) is 25.0 Å². The molecule has 0 spiro atoms. The van der Waals surface area contributed by atoms with Crippen LogP contribution in [0.25, 0.3) is 0 Å². The summed E-state index contributed by atoms with van der Waals surface area (Å²) in [6.45, 7) is 6.93. The topological polar surface area (TPSA) is 33.5 Å². The van der Waals surface area contributed by atoms with E-state index in [4.69, 9.17) is 11.6 Å². The summed E-state index contributed by atoms with van der Waals surface area (Å²) in [5.74, 6) is 0.819. The highest BCUT2D eigenvalue weighted by Gasteiger charge is 2.26. The largest absolute Gasteiger partial charge is 0.327 e. The zero-order chi connectivity index (χ0) is 14.7. The van der Waals surface area contributed by atoms with Gasteiger partial charge in [0.15, 0.2) is 6.54 Å². The van der Waals surface area contributed by atoms with Gasteiger partial charge in [0.1, 0.15) is 5.82 Å². The normalized spacial score (nSPS) is 26.3. The van der Waals surface area contributed by atoms with E-state index in [9.17, 15) is 9.18 Å². The van der Waals surface area contributed by atoms with Crippen LogP contribution in [0.15, 0.2) is 18.2 Å². The number of amides is 1. The van der Waals surface area contributed by atoms with Crippen LogP contribution >= 0.6 is 11.6 Å². The van der Waals surface area contributed by atoms with Gasteiger partial charge in [0, 0.05) is 11.8 Å². The Hall–Kier alpha value is -1.13. The van der Waals surface area contributed by atoms with Gasteiger partial charge in [-0.2, -0.15) is 0 Å². The monoisotopic (exact) mass is 299 g/mol. The van der Waals surface area contributed by atoms with Crippen molar-refractivity contribution < 1.29 is 14.1 Å². The van der Waals surface area contributed by atoms with E-state index in [1.54, 1.807) is 0 Å². The number of quaternary nitrogens is 1. The Morgan fingerprint density at radius 1 is 1.40 bits per heavy atom. The number of hydrogen-bond acceptors (Lipinski definition) is 1. The molecule has 0 saturated carbocycles. The summed E-state index contributed by atoms with van der Waals surface area (Å²) in [6, 6.07) is 3.99. The highest BCUT2D eigenvalue weighted by atomic mass is 35.5. The van der Waals surface area contributed by atoms with Crippen molar-refractivity contribution in [1.29, 1.82) is 0 Å². The number of rotatable bonds is 3. The molecule has 0 aliphatic carbocycles. The van der Waals surface area contributed by atoms with Crippen molar-refractivity contribution in [3.63, 3.8) is 0 Å². The number of nitrogens with one attached hydrogen (secondary N) is 2. The van der Waals surface area contributed by atoms with E-state index in [1.807, 2.05) is 0 Å². The lowest BCUT2D eigenvalue weighted by atomic mass is 9.92. The van der Waals surface area contributed by atoms with E-state index in [1.165, 1.54) is 29.5 Å². The van der Waals surface area contributed by atoms with Gasteiger partial charge >= 0.3 is 0 Å². The number of carbonyl (C=O) groups excluding carboxylic acids is 1. The molecule has 1 fully saturated rings. The maximum Gasteiger partial charge on any atom is 0.279 e. The average molecular weight is 300 g/mol. The fraction of sp³-hybridized carbons (Fsp3) is 0.533. The molecule has 0 unspecified atom stereocenters. The van der Waals surface area contributed by atoms with Gasteiger partial charge in [-0.05, 0) is 24.6 Å². The lowest BCUT2D eigenvalue weighted by Crippen LogP contribution is -3.15. The molecule has 1 aromatic carbocycles. The van der Waals surface area contributed by atoms with Gasteiger partial charge < -0.3 is 10.2 Å². The zero-order valence-corrected chi connectivity index (χ0v) is 12.6. The van der Waals surface area contributed by atoms with Crippen molar-refractivity contribution in [1.82, 2.24) is 0 Å². The predicted molar refractivity (Wildman–Crippen MR) is 78.5 cm³/mol.